The van der Waals surface area contributed by atoms with Gasteiger partial charge in [-0.2, -0.15) is 0 Å². The number of rotatable bonds is 13. The summed E-state index contributed by atoms with van der Waals surface area (Å²) >= 11 is 0. The van der Waals surface area contributed by atoms with Gasteiger partial charge in [-0.25, -0.2) is 0 Å². The predicted molar refractivity (Wildman–Crippen MR) is 157 cm³/mol. The van der Waals surface area contributed by atoms with Gasteiger partial charge in [-0.05, 0) is 86.6 Å². The molecule has 2 aliphatic rings. The van der Waals surface area contributed by atoms with Crippen LogP contribution in [-0.4, -0.2) is 36.2 Å². The second-order valence-corrected chi connectivity index (χ2v) is 11.4. The first-order chi connectivity index (χ1) is 18.8. The number of nitrogens with zero attached hydrogens (tertiary/aromatic N) is 1. The third-order valence-electron chi connectivity index (χ3n) is 8.60. The van der Waals surface area contributed by atoms with Crippen LogP contribution in [0.4, 0.5) is 0 Å². The molecule has 202 valence electrons. The van der Waals surface area contributed by atoms with Gasteiger partial charge in [0.2, 0.25) is 0 Å². The van der Waals surface area contributed by atoms with E-state index in [9.17, 15) is 5.11 Å². The quantitative estimate of drug-likeness (QED) is 0.234. The summed E-state index contributed by atoms with van der Waals surface area (Å²) in [6.07, 6.45) is 14.9. The van der Waals surface area contributed by atoms with Crippen LogP contribution in [0.25, 0.3) is 0 Å². The average molecular weight is 512 g/mol. The fourth-order valence-corrected chi connectivity index (χ4v) is 6.43. The molecule has 0 bridgehead atoms. The van der Waals surface area contributed by atoms with Crippen LogP contribution in [0.5, 0.6) is 11.5 Å². The van der Waals surface area contributed by atoms with Crippen LogP contribution in [0.15, 0.2) is 72.8 Å². The van der Waals surface area contributed by atoms with Gasteiger partial charge in [-0.3, -0.25) is 0 Å². The molecule has 0 saturated carbocycles. The lowest BCUT2D eigenvalue weighted by molar-refractivity contribution is 0.248. The number of aryl methyl sites for hydroxylation is 1. The number of unbranched alkanes of at least 4 members (excludes halogenated alkanes) is 7. The molecule has 1 saturated heterocycles. The molecule has 0 spiro atoms. The van der Waals surface area contributed by atoms with Crippen molar-refractivity contribution in [3.8, 4) is 11.5 Å². The van der Waals surface area contributed by atoms with Crippen molar-refractivity contribution in [3.05, 3.63) is 95.1 Å². The van der Waals surface area contributed by atoms with Gasteiger partial charge in [0.25, 0.3) is 0 Å². The summed E-state index contributed by atoms with van der Waals surface area (Å²) in [6, 6.07) is 25.4. The van der Waals surface area contributed by atoms with E-state index in [1.54, 1.807) is 6.07 Å². The molecule has 1 unspecified atom stereocenters. The number of likely N-dealkylation sites (tertiary alicyclic amines) is 1. The summed E-state index contributed by atoms with van der Waals surface area (Å²) in [4.78, 5) is 2.64. The van der Waals surface area contributed by atoms with E-state index in [0.717, 1.165) is 17.7 Å². The van der Waals surface area contributed by atoms with Crippen LogP contribution in [0.3, 0.4) is 0 Å². The molecule has 3 aromatic rings. The summed E-state index contributed by atoms with van der Waals surface area (Å²) in [7, 11) is 0. The minimum atomic E-state index is 0.164. The van der Waals surface area contributed by atoms with Gasteiger partial charge in [0.15, 0.2) is 0 Å². The third kappa shape index (κ3) is 7.20. The Morgan fingerprint density at radius 2 is 1.39 bits per heavy atom. The molecule has 0 amide bonds. The molecule has 2 aliphatic heterocycles. The second kappa shape index (κ2) is 13.8. The fourth-order valence-electron chi connectivity index (χ4n) is 6.43. The Morgan fingerprint density at radius 3 is 2.13 bits per heavy atom. The molecule has 0 aliphatic carbocycles. The van der Waals surface area contributed by atoms with Gasteiger partial charge < -0.3 is 14.7 Å². The fraction of sp³-hybridized carbons (Fsp3) is 0.486. The Bertz CT molecular complexity index is 1100. The number of fused-ring (bicyclic) bond motifs is 1. The lowest BCUT2D eigenvalue weighted by atomic mass is 9.75. The normalized spacial score (nSPS) is 19.3. The van der Waals surface area contributed by atoms with E-state index in [-0.39, 0.29) is 11.8 Å². The maximum Gasteiger partial charge on any atom is 0.123 e. The van der Waals surface area contributed by atoms with Crippen molar-refractivity contribution in [2.45, 2.75) is 82.5 Å². The van der Waals surface area contributed by atoms with E-state index in [0.29, 0.717) is 12.4 Å². The van der Waals surface area contributed by atoms with Crippen LogP contribution in [0, 0.1) is 0 Å². The van der Waals surface area contributed by atoms with Gasteiger partial charge in [-0.15, -0.1) is 0 Å². The van der Waals surface area contributed by atoms with Gasteiger partial charge in [0.1, 0.15) is 11.5 Å². The minimum Gasteiger partial charge on any atom is -0.508 e. The Kier molecular flexibility index (Phi) is 9.77. The molecule has 5 rings (SSSR count). The first kappa shape index (κ1) is 26.8. The van der Waals surface area contributed by atoms with Crippen molar-refractivity contribution in [1.29, 1.82) is 0 Å². The number of benzene rings is 3. The van der Waals surface area contributed by atoms with E-state index in [1.807, 2.05) is 12.1 Å². The third-order valence-corrected chi connectivity index (χ3v) is 8.60. The van der Waals surface area contributed by atoms with Gasteiger partial charge in [-0.1, -0.05) is 93.1 Å². The summed E-state index contributed by atoms with van der Waals surface area (Å²) in [5.41, 5.74) is 5.08. The number of phenols is 1. The smallest absolute Gasteiger partial charge is 0.123 e. The van der Waals surface area contributed by atoms with E-state index in [2.05, 4.69) is 59.5 Å². The van der Waals surface area contributed by atoms with Gasteiger partial charge in [0.05, 0.1) is 6.61 Å². The van der Waals surface area contributed by atoms with Crippen LogP contribution in [0.2, 0.25) is 0 Å². The average Bonchev–Trinajstić information content (AvgIpc) is 3.48. The number of ether oxygens (including phenoxy) is 1. The van der Waals surface area contributed by atoms with Crippen LogP contribution in [0.1, 0.15) is 98.3 Å². The first-order valence-electron chi connectivity index (χ1n) is 15.1. The number of phenolic OH excluding ortho intramolecular Hbond substituents is 1. The lowest BCUT2D eigenvalue weighted by Crippen LogP contribution is -2.25. The van der Waals surface area contributed by atoms with E-state index >= 15 is 0 Å². The van der Waals surface area contributed by atoms with E-state index in [1.165, 1.54) is 101 Å². The Labute approximate surface area is 229 Å². The zero-order valence-electron chi connectivity index (χ0n) is 23.0. The van der Waals surface area contributed by atoms with Crippen LogP contribution >= 0.6 is 0 Å². The van der Waals surface area contributed by atoms with Crippen molar-refractivity contribution >= 4 is 0 Å². The van der Waals surface area contributed by atoms with Crippen LogP contribution in [-0.2, 0) is 6.42 Å². The molecule has 3 aromatic carbocycles. The molecule has 1 fully saturated rings. The van der Waals surface area contributed by atoms with E-state index < -0.39 is 0 Å². The Morgan fingerprint density at radius 1 is 0.711 bits per heavy atom. The molecule has 38 heavy (non-hydrogen) atoms. The molecule has 2 atom stereocenters. The molecule has 2 heterocycles. The van der Waals surface area contributed by atoms with Crippen molar-refractivity contribution in [2.24, 2.45) is 0 Å². The maximum atomic E-state index is 10.2. The maximum absolute atomic E-state index is 10.2. The monoisotopic (exact) mass is 511 g/mol. The lowest BCUT2D eigenvalue weighted by Gasteiger charge is -2.34. The molecule has 3 nitrogen and oxygen atoms in total. The van der Waals surface area contributed by atoms with Crippen LogP contribution < -0.4 is 4.74 Å². The number of hydrogen-bond acceptors (Lipinski definition) is 3. The Hall–Kier alpha value is -2.78. The largest absolute Gasteiger partial charge is 0.508 e. The zero-order valence-corrected chi connectivity index (χ0v) is 23.0. The summed E-state index contributed by atoms with van der Waals surface area (Å²) in [5.74, 6) is 1.56. The highest BCUT2D eigenvalue weighted by molar-refractivity contribution is 5.50. The number of aromatic hydroxyl groups is 1. The van der Waals surface area contributed by atoms with Gasteiger partial charge >= 0.3 is 0 Å². The molecule has 0 radical (unpaired) electrons. The highest BCUT2D eigenvalue weighted by atomic mass is 16.5. The van der Waals surface area contributed by atoms with Gasteiger partial charge in [0, 0.05) is 17.4 Å². The van der Waals surface area contributed by atoms with Crippen molar-refractivity contribution in [3.63, 3.8) is 0 Å². The summed E-state index contributed by atoms with van der Waals surface area (Å²) in [6.45, 7) is 4.65. The SMILES string of the molecule is Oc1ccc2c(c1)C(c1ccc(CCCCCCCCCCN3CCCC3)cc1)[C@@H](c1ccccc1)CO2. The minimum absolute atomic E-state index is 0.164. The molecule has 1 N–H and O–H groups in total. The second-order valence-electron chi connectivity index (χ2n) is 11.4. The predicted octanol–water partition coefficient (Wildman–Crippen LogP) is 8.46. The van der Waals surface area contributed by atoms with Crippen molar-refractivity contribution in [1.82, 2.24) is 4.90 Å². The van der Waals surface area contributed by atoms with Crippen molar-refractivity contribution < 1.29 is 9.84 Å². The Balaban J connectivity index is 1.09. The standard InChI is InChI=1S/C35H45NO2/c37-31-21-22-34-32(26-31)35(33(27-38-34)29-15-9-7-10-16-29)30-19-17-28(18-20-30)14-8-5-3-1-2-4-6-11-23-36-24-12-13-25-36/h7,9-10,15-22,26,33,35,37H,1-6,8,11-14,23-25,27H2/t33-,35?/m1/s1. The topological polar surface area (TPSA) is 32.7 Å². The highest BCUT2D eigenvalue weighted by Gasteiger charge is 2.33. The van der Waals surface area contributed by atoms with Crippen molar-refractivity contribution in [2.75, 3.05) is 26.2 Å². The molecular formula is C35H45NO2. The number of hydrogen-bond donors (Lipinski definition) is 1. The van der Waals surface area contributed by atoms with E-state index in [4.69, 9.17) is 4.74 Å². The summed E-state index contributed by atoms with van der Waals surface area (Å²) < 4.78 is 6.14. The first-order valence-corrected chi connectivity index (χ1v) is 15.1. The molecule has 3 heteroatoms. The molecular weight excluding hydrogens is 466 g/mol. The summed E-state index contributed by atoms with van der Waals surface area (Å²) in [5, 5.41) is 10.2. The zero-order chi connectivity index (χ0) is 26.0. The highest BCUT2D eigenvalue weighted by Crippen LogP contribution is 2.47. The molecule has 0 aromatic heterocycles.